The summed E-state index contributed by atoms with van der Waals surface area (Å²) in [5.74, 6) is -0.892. The van der Waals surface area contributed by atoms with E-state index in [1.54, 1.807) is 24.3 Å². The number of carboxylic acids is 1. The fourth-order valence-electron chi connectivity index (χ4n) is 14.5. The lowest BCUT2D eigenvalue weighted by molar-refractivity contribution is -0.236. The number of amides is 1. The summed E-state index contributed by atoms with van der Waals surface area (Å²) in [6.45, 7) is 18.9. The van der Waals surface area contributed by atoms with Gasteiger partial charge >= 0.3 is 11.9 Å². The Kier molecular flexibility index (Phi) is 10.3. The molecule has 1 amide bonds. The second-order valence-corrected chi connectivity index (χ2v) is 21.8. The number of rotatable bonds is 11. The van der Waals surface area contributed by atoms with Gasteiger partial charge in [0.1, 0.15) is 6.10 Å². The average molecular weight is 808 g/mol. The number of carboxylic acid groups (broad SMARTS) is 1. The molecule has 9 heteroatoms. The first-order chi connectivity index (χ1) is 27.3. The molecule has 6 aliphatic rings. The van der Waals surface area contributed by atoms with Gasteiger partial charge in [-0.15, -0.1) is 0 Å². The summed E-state index contributed by atoms with van der Waals surface area (Å²) in [5, 5.41) is 16.0. The molecule has 7 rings (SSSR count). The highest BCUT2D eigenvalue weighted by Crippen LogP contribution is 2.77. The third-order valence-corrected chi connectivity index (χ3v) is 18.2. The van der Waals surface area contributed by atoms with Crippen LogP contribution in [0.25, 0.3) is 0 Å². The zero-order chi connectivity index (χ0) is 43.3. The maximum absolute atomic E-state index is 14.1. The minimum Gasteiger partial charge on any atom is -0.481 e. The zero-order valence-electron chi connectivity index (χ0n) is 37.9. The Balaban J connectivity index is 1.06. The molecule has 1 aromatic rings. The van der Waals surface area contributed by atoms with Gasteiger partial charge in [-0.2, -0.15) is 0 Å². The standard InChI is InChI=1S/C48H69ClN2O6/c1-28(2)38-34(52)27-48(22-23-50-24-25-51-40(53)29-10-12-30(49)13-11-29)21-20-46(8)31(39(38)48)14-15-36-45(7)18-17-37(44(5,6)35(45)16-19-47(36,46)9)57-42(56)33-26-32(41(54)55)43(33,3)4/h10-13,28,31-33,35-37,50H,14-27H2,1-9H3,(H,51,53)(H,54,55)/t31-,32+,33-,35+,36-,37+,45+,46-,47-,48-/m1/s1/i25D2. The van der Waals surface area contributed by atoms with E-state index in [4.69, 9.17) is 19.1 Å². The Morgan fingerprint density at radius 2 is 1.58 bits per heavy atom. The molecule has 57 heavy (non-hydrogen) atoms. The molecule has 6 aliphatic carbocycles. The molecular weight excluding hydrogens is 736 g/mol. The fourth-order valence-corrected chi connectivity index (χ4v) is 14.6. The van der Waals surface area contributed by atoms with Crippen molar-refractivity contribution in [2.75, 3.05) is 19.6 Å². The SMILES string of the molecule is [2H]C([2H])(CNCC[C@@]12CC[C@]3(C)[C@H](CC[C@@H]4[C@@]5(C)CC[C@H](OC(=O)[C@H]6C[C@@H](C(=O)O)C6(C)C)C(C)(C)[C@@H]5CC[C@]43C)C1=C(C(C)C)C(=O)C2)NC(=O)c1ccc(Cl)cc1. The normalized spacial score (nSPS) is 39.7. The third-order valence-electron chi connectivity index (χ3n) is 17.9. The van der Waals surface area contributed by atoms with E-state index < -0.39 is 35.6 Å². The zero-order valence-corrected chi connectivity index (χ0v) is 36.7. The largest absolute Gasteiger partial charge is 0.481 e. The number of carbonyl (C=O) groups is 4. The molecule has 10 atom stereocenters. The van der Waals surface area contributed by atoms with Crippen LogP contribution in [-0.2, 0) is 19.1 Å². The summed E-state index contributed by atoms with van der Waals surface area (Å²) in [4.78, 5) is 52.3. The highest BCUT2D eigenvalue weighted by Gasteiger charge is 2.70. The monoisotopic (exact) mass is 806 g/mol. The second-order valence-electron chi connectivity index (χ2n) is 21.3. The van der Waals surface area contributed by atoms with Crippen LogP contribution in [-0.4, -0.2) is 54.4 Å². The Labute approximate surface area is 349 Å². The number of carbonyl (C=O) groups excluding carboxylic acids is 3. The predicted octanol–water partition coefficient (Wildman–Crippen LogP) is 9.69. The Morgan fingerprint density at radius 3 is 2.23 bits per heavy atom. The first-order valence-electron chi connectivity index (χ1n) is 22.8. The van der Waals surface area contributed by atoms with Crippen molar-refractivity contribution < 1.29 is 31.8 Å². The van der Waals surface area contributed by atoms with Crippen molar-refractivity contribution in [2.24, 2.45) is 68.0 Å². The lowest BCUT2D eigenvalue weighted by Crippen LogP contribution is -2.66. The van der Waals surface area contributed by atoms with E-state index in [0.717, 1.165) is 63.4 Å². The van der Waals surface area contributed by atoms with Crippen LogP contribution >= 0.6 is 11.6 Å². The number of hydrogen-bond donors (Lipinski definition) is 3. The number of hydrogen-bond acceptors (Lipinski definition) is 6. The maximum atomic E-state index is 14.1. The van der Waals surface area contributed by atoms with E-state index in [1.807, 2.05) is 13.8 Å². The Hall–Kier alpha value is -2.71. The van der Waals surface area contributed by atoms with E-state index in [9.17, 15) is 24.3 Å². The number of esters is 1. The van der Waals surface area contributed by atoms with E-state index >= 15 is 0 Å². The van der Waals surface area contributed by atoms with Gasteiger partial charge in [-0.1, -0.05) is 79.5 Å². The average Bonchev–Trinajstić information content (AvgIpc) is 3.43. The van der Waals surface area contributed by atoms with Crippen molar-refractivity contribution in [2.45, 2.75) is 139 Å². The quantitative estimate of drug-likeness (QED) is 0.150. The van der Waals surface area contributed by atoms with Gasteiger partial charge in [0.15, 0.2) is 5.78 Å². The lowest BCUT2D eigenvalue weighted by Gasteiger charge is -2.72. The second kappa shape index (κ2) is 14.8. The summed E-state index contributed by atoms with van der Waals surface area (Å²) in [6, 6.07) is 6.39. The van der Waals surface area contributed by atoms with E-state index in [-0.39, 0.29) is 57.4 Å². The Bertz CT molecular complexity index is 1910. The molecule has 0 radical (unpaired) electrons. The van der Waals surface area contributed by atoms with Crippen LogP contribution in [0.2, 0.25) is 5.02 Å². The number of ether oxygens (including phenoxy) is 1. The molecule has 0 heterocycles. The van der Waals surface area contributed by atoms with Crippen LogP contribution in [0.1, 0.15) is 146 Å². The molecule has 314 valence electrons. The summed E-state index contributed by atoms with van der Waals surface area (Å²) in [6.07, 6.45) is 9.50. The van der Waals surface area contributed by atoms with Gasteiger partial charge in [-0.05, 0) is 146 Å². The molecule has 0 aliphatic heterocycles. The molecule has 8 nitrogen and oxygen atoms in total. The van der Waals surface area contributed by atoms with Gasteiger partial charge < -0.3 is 20.5 Å². The third kappa shape index (κ3) is 6.64. The molecular formula is C48H69ClN2O6. The number of benzene rings is 1. The smallest absolute Gasteiger partial charge is 0.309 e. The number of ketones is 1. The van der Waals surface area contributed by atoms with Crippen LogP contribution in [0, 0.1) is 68.0 Å². The number of halogens is 1. The molecule has 5 fully saturated rings. The minimum absolute atomic E-state index is 0.00826. The lowest BCUT2D eigenvalue weighted by atomic mass is 9.33. The van der Waals surface area contributed by atoms with E-state index in [0.29, 0.717) is 47.7 Å². The Morgan fingerprint density at radius 1 is 0.877 bits per heavy atom. The molecule has 0 spiro atoms. The summed E-state index contributed by atoms with van der Waals surface area (Å²) in [5.41, 5.74) is 1.84. The van der Waals surface area contributed by atoms with Crippen molar-refractivity contribution in [1.82, 2.24) is 10.6 Å². The first kappa shape index (κ1) is 39.7. The number of allylic oxidation sites excluding steroid dienone is 2. The summed E-state index contributed by atoms with van der Waals surface area (Å²) in [7, 11) is 0. The van der Waals surface area contributed by atoms with Crippen LogP contribution in [0.4, 0.5) is 0 Å². The van der Waals surface area contributed by atoms with Gasteiger partial charge in [0.05, 0.1) is 14.6 Å². The summed E-state index contributed by atoms with van der Waals surface area (Å²) >= 11 is 5.97. The van der Waals surface area contributed by atoms with Gasteiger partial charge in [0.25, 0.3) is 5.91 Å². The number of nitrogens with one attached hydrogen (secondary N) is 2. The first-order valence-corrected chi connectivity index (χ1v) is 22.2. The molecule has 0 bridgehead atoms. The van der Waals surface area contributed by atoms with Crippen molar-refractivity contribution >= 4 is 35.2 Å². The fraction of sp³-hybridized carbons (Fsp3) is 0.750. The van der Waals surface area contributed by atoms with Crippen LogP contribution in [0.5, 0.6) is 0 Å². The van der Waals surface area contributed by atoms with Crippen LogP contribution < -0.4 is 10.6 Å². The van der Waals surface area contributed by atoms with Crippen molar-refractivity contribution in [3.05, 3.63) is 46.0 Å². The van der Waals surface area contributed by atoms with Gasteiger partial charge in [-0.3, -0.25) is 19.2 Å². The highest BCUT2D eigenvalue weighted by molar-refractivity contribution is 6.30. The molecule has 1 aromatic carbocycles. The molecule has 5 saturated carbocycles. The topological polar surface area (TPSA) is 122 Å². The molecule has 0 unspecified atom stereocenters. The van der Waals surface area contributed by atoms with Crippen molar-refractivity contribution in [3.63, 3.8) is 0 Å². The molecule has 0 aromatic heterocycles. The number of Topliss-reactive ketones (excluding diaryl/α,β-unsaturated/α-hetero) is 1. The van der Waals surface area contributed by atoms with Crippen molar-refractivity contribution in [1.29, 1.82) is 0 Å². The summed E-state index contributed by atoms with van der Waals surface area (Å²) < 4.78 is 23.5. The van der Waals surface area contributed by atoms with Crippen molar-refractivity contribution in [3.8, 4) is 0 Å². The van der Waals surface area contributed by atoms with E-state index in [2.05, 4.69) is 59.1 Å². The number of aliphatic carboxylic acids is 1. The highest BCUT2D eigenvalue weighted by atomic mass is 35.5. The van der Waals surface area contributed by atoms with Gasteiger partial charge in [-0.25, -0.2) is 0 Å². The molecule has 0 saturated heterocycles. The maximum Gasteiger partial charge on any atom is 0.309 e. The van der Waals surface area contributed by atoms with Gasteiger partial charge in [0, 0.05) is 40.9 Å². The van der Waals surface area contributed by atoms with Gasteiger partial charge in [0.2, 0.25) is 0 Å². The van der Waals surface area contributed by atoms with Crippen LogP contribution in [0.3, 0.4) is 0 Å². The predicted molar refractivity (Wildman–Crippen MR) is 224 cm³/mol. The van der Waals surface area contributed by atoms with Crippen LogP contribution in [0.15, 0.2) is 35.4 Å². The van der Waals surface area contributed by atoms with E-state index in [1.165, 1.54) is 5.57 Å². The number of fused-ring (bicyclic) bond motifs is 7. The molecule has 3 N–H and O–H groups in total. The minimum atomic E-state index is -1.97.